The van der Waals surface area contributed by atoms with Crippen molar-refractivity contribution >= 4 is 31.9 Å². The van der Waals surface area contributed by atoms with Gasteiger partial charge in [-0.3, -0.25) is 10.1 Å². The van der Waals surface area contributed by atoms with E-state index in [0.717, 1.165) is 0 Å². The molecule has 0 aliphatic rings. The van der Waals surface area contributed by atoms with Gasteiger partial charge in [0.05, 0.1) is 4.83 Å². The molecule has 0 amide bonds. The molecule has 2 atom stereocenters. The molecule has 0 bridgehead atoms. The van der Waals surface area contributed by atoms with Crippen molar-refractivity contribution in [1.29, 1.82) is 0 Å². The van der Waals surface area contributed by atoms with Crippen molar-refractivity contribution in [2.45, 2.75) is 16.7 Å². The monoisotopic (exact) mass is 245 g/mol. The van der Waals surface area contributed by atoms with Crippen LogP contribution in [0.3, 0.4) is 0 Å². The van der Waals surface area contributed by atoms with Gasteiger partial charge in [-0.1, -0.05) is 15.9 Å². The van der Waals surface area contributed by atoms with Crippen LogP contribution in [-0.2, 0) is 0 Å². The fourth-order valence-electron chi connectivity index (χ4n) is 0.168. The Kier molecular flexibility index (Phi) is 3.55. The highest BCUT2D eigenvalue weighted by atomic mass is 79.9. The van der Waals surface area contributed by atoms with E-state index in [1.165, 1.54) is 0 Å². The van der Waals surface area contributed by atoms with E-state index in [2.05, 4.69) is 31.9 Å². The summed E-state index contributed by atoms with van der Waals surface area (Å²) in [5.41, 5.74) is 0. The van der Waals surface area contributed by atoms with Gasteiger partial charge in [-0.15, -0.1) is 0 Å². The Bertz CT molecular complexity index is 95.3. The van der Waals surface area contributed by atoms with Gasteiger partial charge in [0.1, 0.15) is 0 Å². The van der Waals surface area contributed by atoms with Crippen molar-refractivity contribution in [1.82, 2.24) is 0 Å². The number of alkyl halides is 2. The van der Waals surface area contributed by atoms with Gasteiger partial charge in [0.25, 0.3) is 4.95 Å². The summed E-state index contributed by atoms with van der Waals surface area (Å²) < 4.78 is 0. The van der Waals surface area contributed by atoms with Gasteiger partial charge in [-0.05, 0) is 22.9 Å². The fraction of sp³-hybridized carbons (Fsp3) is 1.00. The van der Waals surface area contributed by atoms with Gasteiger partial charge in [-0.2, -0.15) is 0 Å². The average Bonchev–Trinajstić information content (AvgIpc) is 1.64. The third-order valence-corrected chi connectivity index (χ3v) is 2.92. The Balaban J connectivity index is 3.64. The first-order valence-electron chi connectivity index (χ1n) is 1.97. The summed E-state index contributed by atoms with van der Waals surface area (Å²) in [6.07, 6.45) is 0. The van der Waals surface area contributed by atoms with Crippen LogP contribution in [0.1, 0.15) is 6.92 Å². The van der Waals surface area contributed by atoms with Crippen LogP contribution in [0.25, 0.3) is 0 Å². The lowest BCUT2D eigenvalue weighted by Crippen LogP contribution is -2.19. The van der Waals surface area contributed by atoms with Crippen LogP contribution < -0.4 is 0 Å². The van der Waals surface area contributed by atoms with Crippen molar-refractivity contribution in [3.63, 3.8) is 0 Å². The molecule has 0 fully saturated rings. The number of hydrogen-bond acceptors (Lipinski definition) is 2. The lowest BCUT2D eigenvalue weighted by Gasteiger charge is -2.00. The number of halogens is 2. The highest BCUT2D eigenvalue weighted by molar-refractivity contribution is 9.12. The second-order valence-electron chi connectivity index (χ2n) is 1.34. The van der Waals surface area contributed by atoms with Crippen molar-refractivity contribution in [3.05, 3.63) is 10.1 Å². The highest BCUT2D eigenvalue weighted by Gasteiger charge is 2.20. The molecule has 48 valence electrons. The van der Waals surface area contributed by atoms with E-state index in [1.54, 1.807) is 6.92 Å². The minimum absolute atomic E-state index is 0.127. The summed E-state index contributed by atoms with van der Waals surface area (Å²) in [6, 6.07) is 0. The lowest BCUT2D eigenvalue weighted by molar-refractivity contribution is -0.491. The molecule has 0 radical (unpaired) electrons. The first kappa shape index (κ1) is 8.36. The van der Waals surface area contributed by atoms with Gasteiger partial charge >= 0.3 is 0 Å². The summed E-state index contributed by atoms with van der Waals surface area (Å²) >= 11 is 5.91. The number of nitro groups is 1. The zero-order chi connectivity index (χ0) is 6.73. The van der Waals surface area contributed by atoms with E-state index in [0.29, 0.717) is 0 Å². The van der Waals surface area contributed by atoms with Crippen molar-refractivity contribution in [2.75, 3.05) is 0 Å². The molecule has 0 aliphatic carbocycles. The third-order valence-electron chi connectivity index (χ3n) is 0.580. The van der Waals surface area contributed by atoms with Crippen LogP contribution in [0.15, 0.2) is 0 Å². The van der Waals surface area contributed by atoms with Crippen LogP contribution in [0.4, 0.5) is 0 Å². The molecule has 0 aromatic carbocycles. The average molecular weight is 247 g/mol. The van der Waals surface area contributed by atoms with E-state index >= 15 is 0 Å². The molecule has 0 saturated carbocycles. The molecular formula is C3H5Br2NO2. The summed E-state index contributed by atoms with van der Waals surface area (Å²) in [6.45, 7) is 1.71. The quantitative estimate of drug-likeness (QED) is 0.323. The highest BCUT2D eigenvalue weighted by Crippen LogP contribution is 2.12. The van der Waals surface area contributed by atoms with E-state index in [4.69, 9.17) is 0 Å². The van der Waals surface area contributed by atoms with Gasteiger partial charge < -0.3 is 0 Å². The predicted octanol–water partition coefficient (Wildman–Crippen LogP) is 1.77. The number of rotatable bonds is 2. The van der Waals surface area contributed by atoms with E-state index in [-0.39, 0.29) is 9.75 Å². The van der Waals surface area contributed by atoms with Crippen molar-refractivity contribution in [2.24, 2.45) is 0 Å². The molecule has 8 heavy (non-hydrogen) atoms. The molecule has 0 spiro atoms. The molecule has 0 aliphatic heterocycles. The number of nitrogens with zero attached hydrogens (tertiary/aromatic N) is 1. The van der Waals surface area contributed by atoms with Crippen LogP contribution in [-0.4, -0.2) is 14.7 Å². The van der Waals surface area contributed by atoms with Crippen LogP contribution in [0, 0.1) is 10.1 Å². The second-order valence-corrected chi connectivity index (χ2v) is 3.72. The Morgan fingerprint density at radius 3 is 2.00 bits per heavy atom. The SMILES string of the molecule is CC(Br)C(Br)[N+](=O)[O-]. The van der Waals surface area contributed by atoms with Crippen molar-refractivity contribution in [3.8, 4) is 0 Å². The van der Waals surface area contributed by atoms with Crippen LogP contribution in [0.5, 0.6) is 0 Å². The Hall–Kier alpha value is 0.360. The molecule has 5 heteroatoms. The second kappa shape index (κ2) is 3.40. The van der Waals surface area contributed by atoms with Gasteiger partial charge in [-0.25, -0.2) is 0 Å². The largest absolute Gasteiger partial charge is 0.277 e. The smallest absolute Gasteiger partial charge is 0.263 e. The van der Waals surface area contributed by atoms with E-state index < -0.39 is 4.95 Å². The summed E-state index contributed by atoms with van der Waals surface area (Å²) in [5.74, 6) is 0. The Morgan fingerprint density at radius 1 is 1.62 bits per heavy atom. The zero-order valence-electron chi connectivity index (χ0n) is 4.17. The molecule has 0 aromatic rings. The van der Waals surface area contributed by atoms with E-state index in [1.807, 2.05) is 0 Å². The van der Waals surface area contributed by atoms with Crippen LogP contribution in [0.2, 0.25) is 0 Å². The number of hydrogen-bond donors (Lipinski definition) is 0. The molecule has 0 aromatic heterocycles. The standard InChI is InChI=1S/C3H5Br2NO2/c1-2(4)3(5)6(7)8/h2-3H,1H3. The summed E-state index contributed by atoms with van der Waals surface area (Å²) in [5, 5.41) is 9.87. The topological polar surface area (TPSA) is 43.1 Å². The third kappa shape index (κ3) is 2.61. The van der Waals surface area contributed by atoms with Gasteiger partial charge in [0, 0.05) is 4.92 Å². The molecule has 0 N–H and O–H groups in total. The molecule has 0 heterocycles. The minimum atomic E-state index is -0.678. The maximum absolute atomic E-state index is 9.87. The first-order valence-corrected chi connectivity index (χ1v) is 3.80. The Labute approximate surface area is 63.9 Å². The van der Waals surface area contributed by atoms with Crippen LogP contribution >= 0.6 is 31.9 Å². The molecule has 0 saturated heterocycles. The van der Waals surface area contributed by atoms with Gasteiger partial charge in [0.2, 0.25) is 0 Å². The maximum Gasteiger partial charge on any atom is 0.277 e. The molecule has 3 nitrogen and oxygen atoms in total. The predicted molar refractivity (Wildman–Crippen MR) is 38.1 cm³/mol. The fourth-order valence-corrected chi connectivity index (χ4v) is 0.361. The zero-order valence-corrected chi connectivity index (χ0v) is 7.35. The van der Waals surface area contributed by atoms with Gasteiger partial charge in [0.15, 0.2) is 0 Å². The van der Waals surface area contributed by atoms with E-state index in [9.17, 15) is 10.1 Å². The van der Waals surface area contributed by atoms with Crippen molar-refractivity contribution < 1.29 is 4.92 Å². The molecular weight excluding hydrogens is 242 g/mol. The summed E-state index contributed by atoms with van der Waals surface area (Å²) in [4.78, 5) is 8.67. The minimum Gasteiger partial charge on any atom is -0.263 e. The lowest BCUT2D eigenvalue weighted by atomic mass is 10.5. The molecule has 0 rings (SSSR count). The Morgan fingerprint density at radius 2 is 2.00 bits per heavy atom. The maximum atomic E-state index is 9.87. The normalized spacial score (nSPS) is 17.4. The first-order chi connectivity index (χ1) is 3.55. The summed E-state index contributed by atoms with van der Waals surface area (Å²) in [7, 11) is 0. The molecule has 2 unspecified atom stereocenters.